The van der Waals surface area contributed by atoms with Crippen LogP contribution in [0.4, 0.5) is 17.2 Å². The lowest BCUT2D eigenvalue weighted by molar-refractivity contribution is 0.102. The highest BCUT2D eigenvalue weighted by Crippen LogP contribution is 2.27. The van der Waals surface area contributed by atoms with Gasteiger partial charge in [0, 0.05) is 24.8 Å². The van der Waals surface area contributed by atoms with E-state index in [-0.39, 0.29) is 11.5 Å². The predicted molar refractivity (Wildman–Crippen MR) is 126 cm³/mol. The molecule has 1 aromatic carbocycles. The van der Waals surface area contributed by atoms with Crippen molar-refractivity contribution in [2.45, 2.75) is 6.42 Å². The number of pyridine rings is 1. The summed E-state index contributed by atoms with van der Waals surface area (Å²) in [6, 6.07) is 9.26. The fourth-order valence-electron chi connectivity index (χ4n) is 3.44. The van der Waals surface area contributed by atoms with Crippen LogP contribution in [0.15, 0.2) is 48.9 Å². The lowest BCUT2D eigenvalue weighted by atomic mass is 10.1. The minimum atomic E-state index is -0.453. The Morgan fingerprint density at radius 2 is 1.94 bits per heavy atom. The molecular formula is C23H27N7O3. The number of anilines is 3. The minimum Gasteiger partial charge on any atom is -0.494 e. The quantitative estimate of drug-likeness (QED) is 0.440. The Hall–Kier alpha value is -3.76. The summed E-state index contributed by atoms with van der Waals surface area (Å²) in [5.74, 6) is 0.335. The summed E-state index contributed by atoms with van der Waals surface area (Å²) in [6.07, 6.45) is 5.63. The van der Waals surface area contributed by atoms with E-state index < -0.39 is 5.91 Å². The second-order valence-electron chi connectivity index (χ2n) is 7.45. The number of nitrogens with zero attached hydrogens (tertiary/aromatic N) is 4. The van der Waals surface area contributed by atoms with Crippen molar-refractivity contribution in [3.8, 4) is 17.0 Å². The molecule has 10 heteroatoms. The van der Waals surface area contributed by atoms with E-state index in [2.05, 4.69) is 25.2 Å². The first kappa shape index (κ1) is 22.4. The molecule has 0 radical (unpaired) electrons. The highest BCUT2D eigenvalue weighted by Gasteiger charge is 2.19. The van der Waals surface area contributed by atoms with Crippen molar-refractivity contribution < 1.29 is 14.3 Å². The number of aromatic nitrogens is 3. The van der Waals surface area contributed by atoms with Crippen molar-refractivity contribution >= 4 is 23.1 Å². The molecular weight excluding hydrogens is 422 g/mol. The Kier molecular flexibility index (Phi) is 7.28. The zero-order valence-electron chi connectivity index (χ0n) is 18.2. The number of nitrogens with one attached hydrogen (secondary N) is 1. The van der Waals surface area contributed by atoms with Crippen LogP contribution in [0, 0.1) is 0 Å². The molecule has 0 spiro atoms. The van der Waals surface area contributed by atoms with Gasteiger partial charge in [-0.05, 0) is 43.3 Å². The largest absolute Gasteiger partial charge is 0.494 e. The van der Waals surface area contributed by atoms with Gasteiger partial charge in [0.05, 0.1) is 49.3 Å². The van der Waals surface area contributed by atoms with E-state index in [4.69, 9.17) is 20.9 Å². The molecule has 1 fully saturated rings. The molecule has 1 aliphatic rings. The molecule has 3 heterocycles. The third-order valence-electron chi connectivity index (χ3n) is 5.18. The topological polar surface area (TPSA) is 142 Å². The van der Waals surface area contributed by atoms with Gasteiger partial charge in [-0.25, -0.2) is 9.97 Å². The molecule has 33 heavy (non-hydrogen) atoms. The smallest absolute Gasteiger partial charge is 0.278 e. The maximum Gasteiger partial charge on any atom is 0.278 e. The molecule has 0 unspecified atom stereocenters. The van der Waals surface area contributed by atoms with Crippen molar-refractivity contribution in [2.24, 2.45) is 5.73 Å². The number of nitrogens with two attached hydrogens (primary N) is 2. The number of ether oxygens (including phenoxy) is 2. The van der Waals surface area contributed by atoms with Crippen LogP contribution >= 0.6 is 0 Å². The highest BCUT2D eigenvalue weighted by atomic mass is 16.5. The Bertz CT molecular complexity index is 1090. The number of carbonyl (C=O) groups excluding carboxylic acids is 1. The van der Waals surface area contributed by atoms with Crippen LogP contribution in [0.25, 0.3) is 11.3 Å². The molecule has 10 nitrogen and oxygen atoms in total. The third-order valence-corrected chi connectivity index (χ3v) is 5.18. The zero-order valence-corrected chi connectivity index (χ0v) is 18.2. The molecule has 172 valence electrons. The van der Waals surface area contributed by atoms with Crippen LogP contribution in [0.5, 0.6) is 5.75 Å². The minimum absolute atomic E-state index is 0.0487. The first-order chi connectivity index (χ1) is 16.2. The average Bonchev–Trinajstić information content (AvgIpc) is 2.86. The molecule has 1 amide bonds. The molecule has 0 atom stereocenters. The molecule has 1 aliphatic heterocycles. The van der Waals surface area contributed by atoms with Gasteiger partial charge in [-0.15, -0.1) is 0 Å². The van der Waals surface area contributed by atoms with Gasteiger partial charge in [0.15, 0.2) is 11.5 Å². The summed E-state index contributed by atoms with van der Waals surface area (Å²) >= 11 is 0. The highest BCUT2D eigenvalue weighted by molar-refractivity contribution is 6.07. The van der Waals surface area contributed by atoms with E-state index in [9.17, 15) is 4.79 Å². The first-order valence-corrected chi connectivity index (χ1v) is 10.8. The lowest BCUT2D eigenvalue weighted by Crippen LogP contribution is -2.36. The summed E-state index contributed by atoms with van der Waals surface area (Å²) in [5, 5.41) is 2.88. The van der Waals surface area contributed by atoms with Crippen LogP contribution in [0.2, 0.25) is 0 Å². The summed E-state index contributed by atoms with van der Waals surface area (Å²) < 4.78 is 11.0. The molecule has 4 rings (SSSR count). The predicted octanol–water partition coefficient (Wildman–Crippen LogP) is 1.94. The van der Waals surface area contributed by atoms with Crippen LogP contribution in [0.1, 0.15) is 16.9 Å². The molecule has 0 bridgehead atoms. The Morgan fingerprint density at radius 3 is 2.70 bits per heavy atom. The van der Waals surface area contributed by atoms with E-state index in [1.165, 1.54) is 0 Å². The van der Waals surface area contributed by atoms with E-state index >= 15 is 0 Å². The summed E-state index contributed by atoms with van der Waals surface area (Å²) in [5.41, 5.74) is 14.3. The zero-order chi connectivity index (χ0) is 23.0. The number of hydrogen-bond acceptors (Lipinski definition) is 9. The Balaban J connectivity index is 1.52. The number of benzene rings is 1. The van der Waals surface area contributed by atoms with Crippen molar-refractivity contribution in [2.75, 3.05) is 55.4 Å². The van der Waals surface area contributed by atoms with Crippen molar-refractivity contribution in [1.82, 2.24) is 15.0 Å². The summed E-state index contributed by atoms with van der Waals surface area (Å²) in [7, 11) is 0. The van der Waals surface area contributed by atoms with Crippen molar-refractivity contribution in [3.63, 3.8) is 0 Å². The summed E-state index contributed by atoms with van der Waals surface area (Å²) in [4.78, 5) is 28.0. The SMILES string of the molecule is NCCCOc1ccc(-c2cnc(N)c(C(=O)Nc3cnccc3N3CCOCC3)n2)cc1. The Morgan fingerprint density at radius 1 is 1.15 bits per heavy atom. The maximum atomic E-state index is 13.1. The van der Waals surface area contributed by atoms with Gasteiger partial charge >= 0.3 is 0 Å². The van der Waals surface area contributed by atoms with Gasteiger partial charge in [0.25, 0.3) is 5.91 Å². The van der Waals surface area contributed by atoms with Crippen LogP contribution in [-0.4, -0.2) is 60.3 Å². The standard InChI is InChI=1S/C23H27N7O3/c24-7-1-11-33-17-4-2-16(3-5-17)18-15-27-22(25)21(28-18)23(31)29-19-14-26-8-6-20(19)30-9-12-32-13-10-30/h2-6,8,14-15H,1,7,9-13,24H2,(H2,25,27)(H,29,31). The maximum absolute atomic E-state index is 13.1. The molecule has 0 aliphatic carbocycles. The van der Waals surface area contributed by atoms with Gasteiger partial charge in [0.2, 0.25) is 0 Å². The fourth-order valence-corrected chi connectivity index (χ4v) is 3.44. The van der Waals surface area contributed by atoms with E-state index in [1.807, 2.05) is 30.3 Å². The number of rotatable bonds is 8. The monoisotopic (exact) mass is 449 g/mol. The second kappa shape index (κ2) is 10.7. The number of morpholine rings is 1. The fraction of sp³-hybridized carbons (Fsp3) is 0.304. The molecule has 3 aromatic rings. The normalized spacial score (nSPS) is 13.5. The van der Waals surface area contributed by atoms with Crippen molar-refractivity contribution in [3.05, 3.63) is 54.6 Å². The van der Waals surface area contributed by atoms with Gasteiger partial charge in [-0.2, -0.15) is 0 Å². The van der Waals surface area contributed by atoms with Gasteiger partial charge in [-0.1, -0.05) is 0 Å². The first-order valence-electron chi connectivity index (χ1n) is 10.8. The molecule has 1 saturated heterocycles. The van der Waals surface area contributed by atoms with Gasteiger partial charge in [-0.3, -0.25) is 9.78 Å². The van der Waals surface area contributed by atoms with Crippen LogP contribution in [-0.2, 0) is 4.74 Å². The number of nitrogen functional groups attached to an aromatic ring is 1. The molecule has 0 saturated carbocycles. The Labute approximate surface area is 191 Å². The van der Waals surface area contributed by atoms with Gasteiger partial charge < -0.3 is 31.2 Å². The third kappa shape index (κ3) is 5.54. The number of carbonyl (C=O) groups is 1. The van der Waals surface area contributed by atoms with Crippen molar-refractivity contribution in [1.29, 1.82) is 0 Å². The van der Waals surface area contributed by atoms with Crippen LogP contribution in [0.3, 0.4) is 0 Å². The lowest BCUT2D eigenvalue weighted by Gasteiger charge is -2.30. The number of amides is 1. The molecule has 5 N–H and O–H groups in total. The second-order valence-corrected chi connectivity index (χ2v) is 7.45. The van der Waals surface area contributed by atoms with E-state index in [0.717, 1.165) is 36.5 Å². The number of hydrogen-bond donors (Lipinski definition) is 3. The van der Waals surface area contributed by atoms with Gasteiger partial charge in [0.1, 0.15) is 5.75 Å². The molecule has 2 aromatic heterocycles. The average molecular weight is 450 g/mol. The van der Waals surface area contributed by atoms with Crippen LogP contribution < -0.4 is 26.4 Å². The van der Waals surface area contributed by atoms with E-state index in [0.29, 0.717) is 37.7 Å². The van der Waals surface area contributed by atoms with E-state index in [1.54, 1.807) is 18.6 Å². The summed E-state index contributed by atoms with van der Waals surface area (Å²) in [6.45, 7) is 3.87.